The summed E-state index contributed by atoms with van der Waals surface area (Å²) in [5.74, 6) is 0. The van der Waals surface area contributed by atoms with Crippen LogP contribution < -0.4 is 0 Å². The molecule has 20 heavy (non-hydrogen) atoms. The van der Waals surface area contributed by atoms with Crippen molar-refractivity contribution in [2.75, 3.05) is 0 Å². The van der Waals surface area contributed by atoms with Crippen LogP contribution in [0.15, 0.2) is 40.9 Å². The Morgan fingerprint density at radius 2 is 1.55 bits per heavy atom. The Hall–Kier alpha value is -0.500. The van der Waals surface area contributed by atoms with E-state index in [0.717, 1.165) is 10.0 Å². The Morgan fingerprint density at radius 1 is 0.900 bits per heavy atom. The molecule has 0 heterocycles. The maximum Gasteiger partial charge on any atom is 0.0835 e. The first kappa shape index (κ1) is 14.4. The summed E-state index contributed by atoms with van der Waals surface area (Å²) in [5.41, 5.74) is 5.19. The van der Waals surface area contributed by atoms with E-state index in [4.69, 9.17) is 23.2 Å². The van der Waals surface area contributed by atoms with Crippen molar-refractivity contribution in [1.29, 1.82) is 0 Å². The highest BCUT2D eigenvalue weighted by atomic mass is 79.9. The molecule has 3 heteroatoms. The van der Waals surface area contributed by atoms with Crippen molar-refractivity contribution in [3.63, 3.8) is 0 Å². The van der Waals surface area contributed by atoms with Gasteiger partial charge in [0, 0.05) is 4.47 Å². The van der Waals surface area contributed by atoms with Gasteiger partial charge in [0.05, 0.1) is 10.4 Å². The number of fused-ring (bicyclic) bond motifs is 1. The average Bonchev–Trinajstić information content (AvgIpc) is 2.49. The van der Waals surface area contributed by atoms with E-state index in [-0.39, 0.29) is 5.38 Å². The predicted octanol–water partition coefficient (Wildman–Crippen LogP) is 6.31. The lowest BCUT2D eigenvalue weighted by Gasteiger charge is -2.19. The van der Waals surface area contributed by atoms with Crippen molar-refractivity contribution in [3.05, 3.63) is 68.1 Å². The summed E-state index contributed by atoms with van der Waals surface area (Å²) in [6, 6.07) is 12.5. The van der Waals surface area contributed by atoms with Gasteiger partial charge in [-0.2, -0.15) is 0 Å². The zero-order valence-electron chi connectivity index (χ0n) is 11.0. The molecule has 0 nitrogen and oxygen atoms in total. The van der Waals surface area contributed by atoms with Gasteiger partial charge in [-0.1, -0.05) is 35.9 Å². The number of rotatable bonds is 2. The van der Waals surface area contributed by atoms with Gasteiger partial charge in [0.15, 0.2) is 0 Å². The first-order chi connectivity index (χ1) is 9.65. The second kappa shape index (κ2) is 6.09. The third-order valence-electron chi connectivity index (χ3n) is 3.90. The Bertz CT molecular complexity index is 637. The maximum absolute atomic E-state index is 6.63. The van der Waals surface area contributed by atoms with Crippen LogP contribution in [0, 0.1) is 0 Å². The van der Waals surface area contributed by atoms with E-state index in [1.807, 2.05) is 18.2 Å². The van der Waals surface area contributed by atoms with E-state index in [9.17, 15) is 0 Å². The molecule has 1 aliphatic carbocycles. The van der Waals surface area contributed by atoms with E-state index in [0.29, 0.717) is 5.02 Å². The molecule has 0 spiro atoms. The van der Waals surface area contributed by atoms with Crippen LogP contribution in [0.3, 0.4) is 0 Å². The fourth-order valence-electron chi connectivity index (χ4n) is 2.77. The molecule has 0 saturated heterocycles. The summed E-state index contributed by atoms with van der Waals surface area (Å²) in [7, 11) is 0. The summed E-state index contributed by atoms with van der Waals surface area (Å²) in [6.45, 7) is 0. The van der Waals surface area contributed by atoms with Gasteiger partial charge in [0.25, 0.3) is 0 Å². The molecule has 1 aliphatic rings. The molecule has 3 rings (SSSR count). The largest absolute Gasteiger partial charge is 0.113 e. The van der Waals surface area contributed by atoms with Crippen molar-refractivity contribution in [2.24, 2.45) is 0 Å². The number of aryl methyl sites for hydroxylation is 2. The minimum absolute atomic E-state index is 0.129. The van der Waals surface area contributed by atoms with Crippen LogP contribution in [0.4, 0.5) is 0 Å². The van der Waals surface area contributed by atoms with E-state index in [1.165, 1.54) is 42.4 Å². The number of hydrogen-bond acceptors (Lipinski definition) is 0. The lowest BCUT2D eigenvalue weighted by Crippen LogP contribution is -2.04. The fourth-order valence-corrected chi connectivity index (χ4v) is 3.56. The standard InChI is InChI=1S/C17H15BrCl2/c18-15-10-14(7-8-16(15)19)17(20)13-6-5-11-3-1-2-4-12(11)9-13/h5-10,17H,1-4H2. The number of halogens is 3. The monoisotopic (exact) mass is 368 g/mol. The van der Waals surface area contributed by atoms with Crippen LogP contribution in [0.25, 0.3) is 0 Å². The molecule has 1 unspecified atom stereocenters. The Morgan fingerprint density at radius 3 is 2.30 bits per heavy atom. The number of hydrogen-bond donors (Lipinski definition) is 0. The molecule has 0 radical (unpaired) electrons. The van der Waals surface area contributed by atoms with Gasteiger partial charge in [-0.25, -0.2) is 0 Å². The Balaban J connectivity index is 1.93. The van der Waals surface area contributed by atoms with Crippen LogP contribution in [0.5, 0.6) is 0 Å². The third-order valence-corrected chi connectivity index (χ3v) is 5.62. The van der Waals surface area contributed by atoms with E-state index in [2.05, 4.69) is 34.1 Å². The normalized spacial score (nSPS) is 15.8. The van der Waals surface area contributed by atoms with Crippen LogP contribution in [-0.4, -0.2) is 0 Å². The second-order valence-electron chi connectivity index (χ2n) is 5.27. The summed E-state index contributed by atoms with van der Waals surface area (Å²) in [4.78, 5) is 0. The topological polar surface area (TPSA) is 0 Å². The smallest absolute Gasteiger partial charge is 0.0835 e. The van der Waals surface area contributed by atoms with Crippen LogP contribution in [0.1, 0.15) is 40.5 Å². The molecule has 0 fully saturated rings. The maximum atomic E-state index is 6.63. The quantitative estimate of drug-likeness (QED) is 0.544. The van der Waals surface area contributed by atoms with Gasteiger partial charge in [-0.3, -0.25) is 0 Å². The molecule has 0 aromatic heterocycles. The van der Waals surface area contributed by atoms with E-state index >= 15 is 0 Å². The highest BCUT2D eigenvalue weighted by molar-refractivity contribution is 9.10. The first-order valence-corrected chi connectivity index (χ1v) is 8.46. The van der Waals surface area contributed by atoms with Gasteiger partial charge < -0.3 is 0 Å². The average molecular weight is 370 g/mol. The molecular formula is C17H15BrCl2. The molecular weight excluding hydrogens is 355 g/mol. The summed E-state index contributed by atoms with van der Waals surface area (Å²) in [5, 5.41) is 0.582. The van der Waals surface area contributed by atoms with E-state index in [1.54, 1.807) is 0 Å². The van der Waals surface area contributed by atoms with Gasteiger partial charge in [-0.05, 0) is 76.0 Å². The molecule has 2 aromatic rings. The van der Waals surface area contributed by atoms with Crippen LogP contribution in [0.2, 0.25) is 5.02 Å². The van der Waals surface area contributed by atoms with Crippen LogP contribution in [-0.2, 0) is 12.8 Å². The zero-order chi connectivity index (χ0) is 14.1. The molecule has 1 atom stereocenters. The molecule has 0 N–H and O–H groups in total. The Kier molecular flexibility index (Phi) is 4.40. The minimum atomic E-state index is -0.129. The third kappa shape index (κ3) is 2.90. The molecule has 0 saturated carbocycles. The lowest BCUT2D eigenvalue weighted by atomic mass is 9.89. The van der Waals surface area contributed by atoms with Crippen molar-refractivity contribution in [1.82, 2.24) is 0 Å². The SMILES string of the molecule is Clc1ccc(C(Cl)c2ccc3c(c2)CCCC3)cc1Br. The summed E-state index contributed by atoms with van der Waals surface area (Å²) >= 11 is 16.1. The number of alkyl halides is 1. The molecule has 0 amide bonds. The van der Waals surface area contributed by atoms with Crippen molar-refractivity contribution in [2.45, 2.75) is 31.1 Å². The van der Waals surface area contributed by atoms with Crippen LogP contribution >= 0.6 is 39.1 Å². The summed E-state index contributed by atoms with van der Waals surface area (Å²) in [6.07, 6.45) is 4.98. The first-order valence-electron chi connectivity index (χ1n) is 6.86. The highest BCUT2D eigenvalue weighted by Gasteiger charge is 2.15. The second-order valence-corrected chi connectivity index (χ2v) is 6.97. The molecule has 0 bridgehead atoms. The summed E-state index contributed by atoms with van der Waals surface area (Å²) < 4.78 is 0.889. The van der Waals surface area contributed by atoms with Gasteiger partial charge in [0.1, 0.15) is 0 Å². The Labute approximate surface area is 138 Å². The fraction of sp³-hybridized carbons (Fsp3) is 0.294. The van der Waals surface area contributed by atoms with Crippen molar-refractivity contribution < 1.29 is 0 Å². The van der Waals surface area contributed by atoms with Crippen molar-refractivity contribution >= 4 is 39.1 Å². The highest BCUT2D eigenvalue weighted by Crippen LogP contribution is 2.34. The zero-order valence-corrected chi connectivity index (χ0v) is 14.1. The van der Waals surface area contributed by atoms with Gasteiger partial charge in [0.2, 0.25) is 0 Å². The van der Waals surface area contributed by atoms with Crippen molar-refractivity contribution in [3.8, 4) is 0 Å². The minimum Gasteiger partial charge on any atom is -0.113 e. The predicted molar refractivity (Wildman–Crippen MR) is 89.9 cm³/mol. The van der Waals surface area contributed by atoms with E-state index < -0.39 is 0 Å². The number of benzene rings is 2. The molecule has 0 aliphatic heterocycles. The van der Waals surface area contributed by atoms with Gasteiger partial charge in [-0.15, -0.1) is 11.6 Å². The molecule has 104 valence electrons. The lowest BCUT2D eigenvalue weighted by molar-refractivity contribution is 0.684. The molecule has 2 aromatic carbocycles. The van der Waals surface area contributed by atoms with Gasteiger partial charge >= 0.3 is 0 Å².